The summed E-state index contributed by atoms with van der Waals surface area (Å²) < 4.78 is 5.37. The van der Waals surface area contributed by atoms with E-state index in [4.69, 9.17) is 21.3 Å². The molecule has 0 bridgehead atoms. The molecule has 5 heteroatoms. The largest absolute Gasteiger partial charge is 0.380 e. The van der Waals surface area contributed by atoms with Gasteiger partial charge in [0, 0.05) is 37.0 Å². The van der Waals surface area contributed by atoms with Crippen molar-refractivity contribution in [3.63, 3.8) is 0 Å². The van der Waals surface area contributed by atoms with Crippen LogP contribution in [0.1, 0.15) is 40.4 Å². The van der Waals surface area contributed by atoms with Gasteiger partial charge in [0.1, 0.15) is 5.82 Å². The predicted octanol–water partition coefficient (Wildman–Crippen LogP) is 4.76. The zero-order chi connectivity index (χ0) is 20.1. The lowest BCUT2D eigenvalue weighted by molar-refractivity contribution is 0.00837. The Morgan fingerprint density at radius 2 is 1.97 bits per heavy atom. The first-order valence-corrected chi connectivity index (χ1v) is 11.4. The number of ether oxygens (including phenoxy) is 1. The van der Waals surface area contributed by atoms with E-state index in [1.54, 1.807) is 5.56 Å². The van der Waals surface area contributed by atoms with Crippen LogP contribution in [0.2, 0.25) is 5.02 Å². The molecule has 1 aromatic heterocycles. The smallest absolute Gasteiger partial charge is 0.139 e. The third-order valence-corrected chi connectivity index (χ3v) is 7.38. The van der Waals surface area contributed by atoms with Gasteiger partial charge in [-0.2, -0.15) is 0 Å². The Balaban J connectivity index is 1.19. The van der Waals surface area contributed by atoms with Crippen LogP contribution in [0.4, 0.5) is 0 Å². The van der Waals surface area contributed by atoms with Crippen LogP contribution in [0.5, 0.6) is 0 Å². The van der Waals surface area contributed by atoms with Crippen molar-refractivity contribution in [2.75, 3.05) is 19.8 Å². The number of fused-ring (bicyclic) bond motifs is 2. The number of aromatic amines is 1. The van der Waals surface area contributed by atoms with Gasteiger partial charge in [0.05, 0.1) is 29.6 Å². The molecule has 3 heterocycles. The van der Waals surface area contributed by atoms with Crippen LogP contribution in [-0.2, 0) is 30.5 Å². The summed E-state index contributed by atoms with van der Waals surface area (Å²) in [4.78, 5) is 11.1. The molecule has 3 aromatic rings. The molecule has 6 rings (SSSR count). The van der Waals surface area contributed by atoms with E-state index in [0.29, 0.717) is 12.0 Å². The number of nitrogens with zero attached hydrogens (tertiary/aromatic N) is 2. The lowest BCUT2D eigenvalue weighted by atomic mass is 9.84. The minimum atomic E-state index is 0.607. The Bertz CT molecular complexity index is 1090. The molecule has 2 aromatic carbocycles. The number of rotatable bonds is 3. The highest BCUT2D eigenvalue weighted by Gasteiger charge is 2.30. The van der Waals surface area contributed by atoms with Crippen LogP contribution in [0, 0.1) is 0 Å². The average Bonchev–Trinajstić information content (AvgIpc) is 3.15. The van der Waals surface area contributed by atoms with Crippen LogP contribution >= 0.6 is 11.6 Å². The first kappa shape index (κ1) is 18.6. The summed E-state index contributed by atoms with van der Waals surface area (Å²) in [6, 6.07) is 15.7. The summed E-state index contributed by atoms with van der Waals surface area (Å²) in [6.07, 6.45) is 4.56. The number of benzene rings is 2. The maximum atomic E-state index is 6.39. The minimum Gasteiger partial charge on any atom is -0.380 e. The molecule has 1 saturated heterocycles. The van der Waals surface area contributed by atoms with E-state index < -0.39 is 0 Å². The highest BCUT2D eigenvalue weighted by Crippen LogP contribution is 2.33. The number of hydrogen-bond donors (Lipinski definition) is 1. The Labute approximate surface area is 182 Å². The molecule has 0 spiro atoms. The first-order chi connectivity index (χ1) is 14.7. The van der Waals surface area contributed by atoms with E-state index in [1.807, 2.05) is 24.3 Å². The van der Waals surface area contributed by atoms with Gasteiger partial charge >= 0.3 is 0 Å². The molecule has 154 valence electrons. The lowest BCUT2D eigenvalue weighted by Crippen LogP contribution is -2.42. The molecular weight excluding hydrogens is 394 g/mol. The van der Waals surface area contributed by atoms with Crippen LogP contribution in [-0.4, -0.2) is 40.7 Å². The van der Waals surface area contributed by atoms with Gasteiger partial charge < -0.3 is 9.72 Å². The highest BCUT2D eigenvalue weighted by molar-refractivity contribution is 6.33. The van der Waals surface area contributed by atoms with E-state index in [0.717, 1.165) is 55.6 Å². The predicted molar refractivity (Wildman–Crippen MR) is 119 cm³/mol. The Morgan fingerprint density at radius 3 is 2.80 bits per heavy atom. The first-order valence-electron chi connectivity index (χ1n) is 11.0. The van der Waals surface area contributed by atoms with Gasteiger partial charge in [-0.1, -0.05) is 41.9 Å². The number of hydrogen-bond acceptors (Lipinski definition) is 3. The molecule has 1 fully saturated rings. The zero-order valence-electron chi connectivity index (χ0n) is 17.0. The monoisotopic (exact) mass is 419 g/mol. The second-order valence-corrected chi connectivity index (χ2v) is 9.28. The molecule has 0 amide bonds. The van der Waals surface area contributed by atoms with E-state index in [-0.39, 0.29) is 0 Å². The van der Waals surface area contributed by atoms with Gasteiger partial charge in [-0.05, 0) is 48.1 Å². The molecule has 0 saturated carbocycles. The standard InChI is InChI=1S/C25H26ClN3O/c26-22-4-2-1-3-21(22)25-27-23-9-10-29(13-24(23)28-25)20-8-7-16-11-17(19-14-30-15-19)5-6-18(16)12-20/h1-6,11,19-20H,7-10,12-15H2,(H,27,28). The van der Waals surface area contributed by atoms with Gasteiger partial charge in [0.25, 0.3) is 0 Å². The van der Waals surface area contributed by atoms with Crippen LogP contribution in [0.25, 0.3) is 11.4 Å². The fourth-order valence-electron chi connectivity index (χ4n) is 5.16. The second kappa shape index (κ2) is 7.52. The molecule has 2 aliphatic heterocycles. The minimum absolute atomic E-state index is 0.607. The Kier molecular flexibility index (Phi) is 4.67. The molecular formula is C25H26ClN3O. The fraction of sp³-hybridized carbons (Fsp3) is 0.400. The molecule has 1 unspecified atom stereocenters. The molecule has 1 atom stereocenters. The van der Waals surface area contributed by atoms with E-state index >= 15 is 0 Å². The van der Waals surface area contributed by atoms with Crippen molar-refractivity contribution in [1.29, 1.82) is 0 Å². The molecule has 0 radical (unpaired) electrons. The SMILES string of the molecule is Clc1ccccc1-c1nc2c([nH]1)CN(C1CCc3cc(C4COC4)ccc3C1)CC2. The zero-order valence-corrected chi connectivity index (χ0v) is 17.8. The number of imidazole rings is 1. The summed E-state index contributed by atoms with van der Waals surface area (Å²) >= 11 is 6.39. The molecule has 30 heavy (non-hydrogen) atoms. The number of H-pyrrole nitrogens is 1. The number of halogens is 1. The van der Waals surface area contributed by atoms with Gasteiger partial charge in [-0.15, -0.1) is 0 Å². The summed E-state index contributed by atoms with van der Waals surface area (Å²) in [5, 5.41) is 0.747. The Hall–Kier alpha value is -2.14. The number of aryl methyl sites for hydroxylation is 1. The van der Waals surface area contributed by atoms with Crippen molar-refractivity contribution >= 4 is 11.6 Å². The quantitative estimate of drug-likeness (QED) is 0.665. The van der Waals surface area contributed by atoms with Crippen molar-refractivity contribution in [3.05, 3.63) is 75.6 Å². The van der Waals surface area contributed by atoms with Crippen LogP contribution in [0.15, 0.2) is 42.5 Å². The summed E-state index contributed by atoms with van der Waals surface area (Å²) in [6.45, 7) is 3.80. The molecule has 1 N–H and O–H groups in total. The molecule has 3 aliphatic rings. The summed E-state index contributed by atoms with van der Waals surface area (Å²) in [7, 11) is 0. The number of aromatic nitrogens is 2. The summed E-state index contributed by atoms with van der Waals surface area (Å²) in [5.41, 5.74) is 7.98. The topological polar surface area (TPSA) is 41.2 Å². The van der Waals surface area contributed by atoms with Crippen molar-refractivity contribution in [2.45, 2.75) is 44.2 Å². The normalized spacial score (nSPS) is 21.7. The van der Waals surface area contributed by atoms with E-state index in [1.165, 1.54) is 35.4 Å². The van der Waals surface area contributed by atoms with E-state index in [9.17, 15) is 0 Å². The van der Waals surface area contributed by atoms with Crippen LogP contribution in [0.3, 0.4) is 0 Å². The van der Waals surface area contributed by atoms with E-state index in [2.05, 4.69) is 28.1 Å². The summed E-state index contributed by atoms with van der Waals surface area (Å²) in [5.74, 6) is 1.51. The maximum absolute atomic E-state index is 6.39. The molecule has 4 nitrogen and oxygen atoms in total. The van der Waals surface area contributed by atoms with Gasteiger partial charge in [-0.25, -0.2) is 4.98 Å². The third kappa shape index (κ3) is 3.27. The highest BCUT2D eigenvalue weighted by atomic mass is 35.5. The van der Waals surface area contributed by atoms with Crippen molar-refractivity contribution < 1.29 is 4.74 Å². The molecule has 1 aliphatic carbocycles. The van der Waals surface area contributed by atoms with Crippen LogP contribution < -0.4 is 0 Å². The second-order valence-electron chi connectivity index (χ2n) is 8.87. The fourth-order valence-corrected chi connectivity index (χ4v) is 5.38. The number of nitrogens with one attached hydrogen (secondary N) is 1. The van der Waals surface area contributed by atoms with Crippen molar-refractivity contribution in [1.82, 2.24) is 14.9 Å². The van der Waals surface area contributed by atoms with Gasteiger partial charge in [0.15, 0.2) is 0 Å². The van der Waals surface area contributed by atoms with Crippen molar-refractivity contribution in [3.8, 4) is 11.4 Å². The van der Waals surface area contributed by atoms with Gasteiger partial charge in [0.2, 0.25) is 0 Å². The average molecular weight is 420 g/mol. The lowest BCUT2D eigenvalue weighted by Gasteiger charge is -2.37. The maximum Gasteiger partial charge on any atom is 0.139 e. The van der Waals surface area contributed by atoms with Gasteiger partial charge in [-0.3, -0.25) is 4.90 Å². The third-order valence-electron chi connectivity index (χ3n) is 7.05. The Morgan fingerprint density at radius 1 is 1.07 bits per heavy atom. The van der Waals surface area contributed by atoms with Crippen molar-refractivity contribution in [2.24, 2.45) is 0 Å².